The SMILES string of the molecule is CC(=O)C(O)C(O)C/C(C)=C\CCC(C)/C=C/C=C(\C)CCCC1=CCN(CC(=O)[O-])C1=O.[Na+]. The quantitative estimate of drug-likeness (QED) is 0.180. The van der Waals surface area contributed by atoms with Crippen molar-refractivity contribution >= 4 is 17.7 Å². The van der Waals surface area contributed by atoms with Crippen molar-refractivity contribution < 1.29 is 59.3 Å². The maximum Gasteiger partial charge on any atom is 1.00 e. The van der Waals surface area contributed by atoms with Crippen LogP contribution in [0.15, 0.2) is 47.1 Å². The molecule has 0 fully saturated rings. The fourth-order valence-electron chi connectivity index (χ4n) is 3.63. The van der Waals surface area contributed by atoms with Crippen molar-refractivity contribution in [3.8, 4) is 0 Å². The van der Waals surface area contributed by atoms with Gasteiger partial charge >= 0.3 is 29.6 Å². The van der Waals surface area contributed by atoms with Gasteiger partial charge in [0.05, 0.1) is 18.6 Å². The van der Waals surface area contributed by atoms with Gasteiger partial charge in [-0.15, -0.1) is 0 Å². The third kappa shape index (κ3) is 12.8. The Bertz CT molecular complexity index is 814. The van der Waals surface area contributed by atoms with Gasteiger partial charge in [-0.25, -0.2) is 0 Å². The van der Waals surface area contributed by atoms with E-state index in [0.717, 1.165) is 31.3 Å². The summed E-state index contributed by atoms with van der Waals surface area (Å²) in [6, 6.07) is 0. The number of Topliss-reactive ketones (excluding diaryl/α,β-unsaturated/α-hetero) is 1. The van der Waals surface area contributed by atoms with Crippen LogP contribution < -0.4 is 34.7 Å². The van der Waals surface area contributed by atoms with Gasteiger partial charge < -0.3 is 25.0 Å². The number of carboxylic acids is 1. The first-order valence-corrected chi connectivity index (χ1v) is 11.6. The molecule has 7 nitrogen and oxygen atoms in total. The average Bonchev–Trinajstić information content (AvgIpc) is 3.06. The summed E-state index contributed by atoms with van der Waals surface area (Å²) in [7, 11) is 0. The Balaban J connectivity index is 0.0000109. The van der Waals surface area contributed by atoms with E-state index in [0.29, 0.717) is 24.5 Å². The van der Waals surface area contributed by atoms with Gasteiger partial charge in [-0.3, -0.25) is 9.59 Å². The van der Waals surface area contributed by atoms with Crippen LogP contribution in [0.5, 0.6) is 0 Å². The molecule has 0 bridgehead atoms. The molecule has 0 saturated carbocycles. The van der Waals surface area contributed by atoms with E-state index in [1.165, 1.54) is 17.4 Å². The molecule has 1 aliphatic heterocycles. The molecule has 1 heterocycles. The molecule has 0 aromatic heterocycles. The smallest absolute Gasteiger partial charge is 0.548 e. The molecule has 1 amide bonds. The first kappa shape index (κ1) is 32.5. The number of hydrogen-bond acceptors (Lipinski definition) is 6. The zero-order valence-electron chi connectivity index (χ0n) is 21.3. The van der Waals surface area contributed by atoms with E-state index in [1.54, 1.807) is 6.08 Å². The summed E-state index contributed by atoms with van der Waals surface area (Å²) in [5.74, 6) is -1.50. The molecule has 184 valence electrons. The molecule has 0 saturated heterocycles. The summed E-state index contributed by atoms with van der Waals surface area (Å²) >= 11 is 0. The van der Waals surface area contributed by atoms with Crippen LogP contribution in [-0.2, 0) is 14.4 Å². The zero-order valence-corrected chi connectivity index (χ0v) is 23.3. The Morgan fingerprint density at radius 3 is 2.50 bits per heavy atom. The van der Waals surface area contributed by atoms with E-state index in [-0.39, 0.29) is 48.4 Å². The van der Waals surface area contributed by atoms with Crippen molar-refractivity contribution in [3.05, 3.63) is 47.1 Å². The number of carbonyl (C=O) groups is 3. The van der Waals surface area contributed by atoms with Crippen LogP contribution in [0.1, 0.15) is 66.2 Å². The van der Waals surface area contributed by atoms with Crippen LogP contribution in [0.2, 0.25) is 0 Å². The second kappa shape index (κ2) is 17.0. The first-order valence-electron chi connectivity index (χ1n) is 11.6. The van der Waals surface area contributed by atoms with E-state index in [4.69, 9.17) is 0 Å². The Morgan fingerprint density at radius 2 is 1.88 bits per heavy atom. The van der Waals surface area contributed by atoms with Gasteiger partial charge in [0.2, 0.25) is 5.91 Å². The molecule has 8 heteroatoms. The van der Waals surface area contributed by atoms with Gasteiger partial charge in [0.25, 0.3) is 0 Å². The molecule has 0 radical (unpaired) electrons. The first-order chi connectivity index (χ1) is 15.5. The number of hydrogen-bond donors (Lipinski definition) is 2. The minimum Gasteiger partial charge on any atom is -0.548 e. The van der Waals surface area contributed by atoms with Crippen LogP contribution in [-0.4, -0.2) is 58.1 Å². The molecule has 3 atom stereocenters. The Morgan fingerprint density at radius 1 is 1.21 bits per heavy atom. The Hall–Kier alpha value is -1.51. The van der Waals surface area contributed by atoms with E-state index >= 15 is 0 Å². The summed E-state index contributed by atoms with van der Waals surface area (Å²) in [5, 5.41) is 30.1. The fraction of sp³-hybridized carbons (Fsp3) is 0.577. The van der Waals surface area contributed by atoms with Gasteiger partial charge in [0.15, 0.2) is 5.78 Å². The van der Waals surface area contributed by atoms with E-state index in [2.05, 4.69) is 26.0 Å². The number of ketones is 1. The standard InChI is InChI=1S/C26H39NO6.Na/c1-18(10-6-12-20(3)16-23(29)25(32)21(4)28)8-5-9-19(2)11-7-13-22-14-15-27(26(22)33)17-24(30)31;/h5,8-9,12,14,18,23,25,29,32H,6-7,10-11,13,15-17H2,1-4H3,(H,30,31);/q;+1/p-1/b8-5+,19-9+,20-12-;. The molecule has 1 aliphatic rings. The monoisotopic (exact) mass is 483 g/mol. The molecular weight excluding hydrogens is 445 g/mol. The van der Waals surface area contributed by atoms with E-state index < -0.39 is 24.0 Å². The van der Waals surface area contributed by atoms with Crippen molar-refractivity contribution in [3.63, 3.8) is 0 Å². The molecule has 0 aromatic rings. The molecule has 0 spiro atoms. The van der Waals surface area contributed by atoms with Crippen LogP contribution in [0.4, 0.5) is 0 Å². The van der Waals surface area contributed by atoms with Crippen molar-refractivity contribution in [2.24, 2.45) is 5.92 Å². The van der Waals surface area contributed by atoms with Gasteiger partial charge in [-0.2, -0.15) is 0 Å². The number of nitrogens with zero attached hydrogens (tertiary/aromatic N) is 1. The predicted octanol–water partition coefficient (Wildman–Crippen LogP) is -0.755. The fourth-order valence-corrected chi connectivity index (χ4v) is 3.63. The van der Waals surface area contributed by atoms with Gasteiger partial charge in [0, 0.05) is 12.1 Å². The van der Waals surface area contributed by atoms with Crippen molar-refractivity contribution in [1.82, 2.24) is 4.90 Å². The molecule has 0 aliphatic carbocycles. The number of rotatable bonds is 15. The largest absolute Gasteiger partial charge is 1.00 e. The van der Waals surface area contributed by atoms with Gasteiger partial charge in [0.1, 0.15) is 6.10 Å². The zero-order chi connectivity index (χ0) is 25.0. The summed E-state index contributed by atoms with van der Waals surface area (Å²) in [6.07, 6.45) is 12.1. The summed E-state index contributed by atoms with van der Waals surface area (Å²) < 4.78 is 0. The molecule has 0 aromatic carbocycles. The Kier molecular flexibility index (Phi) is 16.3. The summed E-state index contributed by atoms with van der Waals surface area (Å²) in [6.45, 7) is 7.32. The van der Waals surface area contributed by atoms with E-state index in [1.807, 2.05) is 19.1 Å². The maximum absolute atomic E-state index is 12.1. The molecule has 3 unspecified atom stereocenters. The maximum atomic E-state index is 12.1. The van der Waals surface area contributed by atoms with Crippen LogP contribution in [0, 0.1) is 5.92 Å². The van der Waals surface area contributed by atoms with Crippen molar-refractivity contribution in [2.45, 2.75) is 78.4 Å². The van der Waals surface area contributed by atoms with Gasteiger partial charge in [-0.05, 0) is 65.2 Å². The average molecular weight is 484 g/mol. The van der Waals surface area contributed by atoms with Crippen molar-refractivity contribution in [1.29, 1.82) is 0 Å². The number of allylic oxidation sites excluding steroid dienone is 5. The number of carbonyl (C=O) groups excluding carboxylic acids is 3. The Labute approximate surface area is 225 Å². The van der Waals surface area contributed by atoms with Crippen LogP contribution >= 0.6 is 0 Å². The number of aliphatic carboxylic acids is 1. The van der Waals surface area contributed by atoms with Crippen LogP contribution in [0.25, 0.3) is 0 Å². The number of aliphatic hydroxyl groups excluding tert-OH is 2. The number of amides is 1. The second-order valence-electron chi connectivity index (χ2n) is 8.97. The number of aliphatic hydroxyl groups is 2. The molecule has 34 heavy (non-hydrogen) atoms. The minimum absolute atomic E-state index is 0. The number of carboxylic acid groups (broad SMARTS) is 1. The summed E-state index contributed by atoms with van der Waals surface area (Å²) in [5.41, 5.74) is 2.85. The van der Waals surface area contributed by atoms with Gasteiger partial charge in [-0.1, -0.05) is 48.5 Å². The topological polar surface area (TPSA) is 118 Å². The van der Waals surface area contributed by atoms with E-state index in [9.17, 15) is 29.7 Å². The third-order valence-corrected chi connectivity index (χ3v) is 5.70. The minimum atomic E-state index is -1.33. The third-order valence-electron chi connectivity index (χ3n) is 5.70. The van der Waals surface area contributed by atoms with Crippen molar-refractivity contribution in [2.75, 3.05) is 13.1 Å². The van der Waals surface area contributed by atoms with Crippen LogP contribution in [0.3, 0.4) is 0 Å². The normalized spacial score (nSPS) is 17.4. The second-order valence-corrected chi connectivity index (χ2v) is 8.97. The molecule has 2 N–H and O–H groups in total. The molecular formula is C26H38NNaO6. The molecule has 1 rings (SSSR count). The summed E-state index contributed by atoms with van der Waals surface area (Å²) in [4.78, 5) is 35.2. The predicted molar refractivity (Wildman–Crippen MR) is 126 cm³/mol.